The molecular formula is C12H15NO3. The third-order valence-corrected chi connectivity index (χ3v) is 2.55. The monoisotopic (exact) mass is 221 g/mol. The predicted molar refractivity (Wildman–Crippen MR) is 61.1 cm³/mol. The molecule has 0 saturated carbocycles. The van der Waals surface area contributed by atoms with Gasteiger partial charge in [0, 0.05) is 31.0 Å². The van der Waals surface area contributed by atoms with Crippen LogP contribution in [0.1, 0.15) is 19.4 Å². The van der Waals surface area contributed by atoms with Crippen molar-refractivity contribution < 1.29 is 14.3 Å². The number of nitrogens with one attached hydrogen (secondary N) is 1. The molecule has 1 heterocycles. The lowest BCUT2D eigenvalue weighted by molar-refractivity contribution is -0.114. The molecule has 4 heteroatoms. The molecule has 0 spiro atoms. The molecule has 1 aromatic carbocycles. The minimum atomic E-state index is -0.0880. The van der Waals surface area contributed by atoms with E-state index in [9.17, 15) is 4.79 Å². The van der Waals surface area contributed by atoms with E-state index in [4.69, 9.17) is 9.47 Å². The van der Waals surface area contributed by atoms with Crippen molar-refractivity contribution >= 4 is 11.6 Å². The molecule has 0 radical (unpaired) electrons. The average Bonchev–Trinajstić information content (AvgIpc) is 2.57. The smallest absolute Gasteiger partial charge is 0.221 e. The van der Waals surface area contributed by atoms with Gasteiger partial charge in [-0.1, -0.05) is 0 Å². The van der Waals surface area contributed by atoms with Crippen LogP contribution in [0.3, 0.4) is 0 Å². The fourth-order valence-corrected chi connectivity index (χ4v) is 1.90. The second kappa shape index (κ2) is 4.04. The SMILES string of the molecule is COc1cc(NC(C)=O)c2c(c1)OC(C)C2. The second-order valence-electron chi connectivity index (χ2n) is 3.97. The Bertz CT molecular complexity index is 429. The summed E-state index contributed by atoms with van der Waals surface area (Å²) in [4.78, 5) is 11.1. The maximum Gasteiger partial charge on any atom is 0.221 e. The van der Waals surface area contributed by atoms with Crippen molar-refractivity contribution in [3.05, 3.63) is 17.7 Å². The number of hydrogen-bond donors (Lipinski definition) is 1. The molecule has 0 bridgehead atoms. The van der Waals surface area contributed by atoms with Crippen molar-refractivity contribution in [2.24, 2.45) is 0 Å². The Morgan fingerprint density at radius 3 is 2.94 bits per heavy atom. The standard InChI is InChI=1S/C12H15NO3/c1-7-4-10-11(13-8(2)14)5-9(15-3)6-12(10)16-7/h5-7H,4H2,1-3H3,(H,13,14). The average molecular weight is 221 g/mol. The molecule has 1 aromatic rings. The second-order valence-corrected chi connectivity index (χ2v) is 3.97. The molecule has 0 fully saturated rings. The van der Waals surface area contributed by atoms with Gasteiger partial charge >= 0.3 is 0 Å². The first-order valence-corrected chi connectivity index (χ1v) is 5.25. The van der Waals surface area contributed by atoms with Crippen LogP contribution in [0.5, 0.6) is 11.5 Å². The van der Waals surface area contributed by atoms with Crippen molar-refractivity contribution in [2.75, 3.05) is 12.4 Å². The van der Waals surface area contributed by atoms with Gasteiger partial charge in [0.1, 0.15) is 17.6 Å². The van der Waals surface area contributed by atoms with Gasteiger partial charge in [-0.25, -0.2) is 0 Å². The maximum atomic E-state index is 11.1. The minimum absolute atomic E-state index is 0.0880. The molecule has 1 aliphatic rings. The van der Waals surface area contributed by atoms with Gasteiger partial charge in [0.25, 0.3) is 0 Å². The zero-order chi connectivity index (χ0) is 11.7. The summed E-state index contributed by atoms with van der Waals surface area (Å²) in [5.41, 5.74) is 1.83. The number of benzene rings is 1. The summed E-state index contributed by atoms with van der Waals surface area (Å²) in [5.74, 6) is 1.40. The Labute approximate surface area is 94.6 Å². The molecule has 0 aliphatic carbocycles. The number of anilines is 1. The number of carbonyl (C=O) groups excluding carboxylic acids is 1. The topological polar surface area (TPSA) is 47.6 Å². The number of amides is 1. The van der Waals surface area contributed by atoms with Crippen LogP contribution in [0, 0.1) is 0 Å². The lowest BCUT2D eigenvalue weighted by Crippen LogP contribution is -2.08. The molecule has 16 heavy (non-hydrogen) atoms. The van der Waals surface area contributed by atoms with Crippen LogP contribution in [0.4, 0.5) is 5.69 Å². The van der Waals surface area contributed by atoms with Gasteiger partial charge in [0.2, 0.25) is 5.91 Å². The zero-order valence-corrected chi connectivity index (χ0v) is 9.66. The van der Waals surface area contributed by atoms with Crippen LogP contribution in [-0.4, -0.2) is 19.1 Å². The first kappa shape index (κ1) is 10.8. The van der Waals surface area contributed by atoms with Gasteiger partial charge in [-0.05, 0) is 6.92 Å². The number of hydrogen-bond acceptors (Lipinski definition) is 3. The third kappa shape index (κ3) is 1.96. The van der Waals surface area contributed by atoms with E-state index in [1.807, 2.05) is 19.1 Å². The van der Waals surface area contributed by atoms with Crippen LogP contribution in [0.2, 0.25) is 0 Å². The lowest BCUT2D eigenvalue weighted by atomic mass is 10.1. The summed E-state index contributed by atoms with van der Waals surface area (Å²) in [5, 5.41) is 2.80. The molecule has 1 amide bonds. The van der Waals surface area contributed by atoms with E-state index in [1.165, 1.54) is 6.92 Å². The molecule has 1 unspecified atom stereocenters. The number of fused-ring (bicyclic) bond motifs is 1. The van der Waals surface area contributed by atoms with Crippen molar-refractivity contribution in [3.63, 3.8) is 0 Å². The Morgan fingerprint density at radius 1 is 1.56 bits per heavy atom. The summed E-state index contributed by atoms with van der Waals surface area (Å²) in [6, 6.07) is 3.67. The van der Waals surface area contributed by atoms with Crippen LogP contribution in [-0.2, 0) is 11.2 Å². The molecule has 0 saturated heterocycles. The molecule has 1 aliphatic heterocycles. The molecule has 1 atom stereocenters. The summed E-state index contributed by atoms with van der Waals surface area (Å²) in [6.45, 7) is 3.50. The summed E-state index contributed by atoms with van der Waals surface area (Å²) in [6.07, 6.45) is 0.962. The molecule has 0 aromatic heterocycles. The van der Waals surface area contributed by atoms with E-state index in [2.05, 4.69) is 5.32 Å². The molecular weight excluding hydrogens is 206 g/mol. The van der Waals surface area contributed by atoms with Crippen LogP contribution in [0.15, 0.2) is 12.1 Å². The maximum absolute atomic E-state index is 11.1. The van der Waals surface area contributed by atoms with Gasteiger partial charge in [-0.15, -0.1) is 0 Å². The third-order valence-electron chi connectivity index (χ3n) is 2.55. The van der Waals surface area contributed by atoms with Crippen molar-refractivity contribution in [2.45, 2.75) is 26.4 Å². The number of methoxy groups -OCH3 is 1. The van der Waals surface area contributed by atoms with Gasteiger partial charge in [-0.2, -0.15) is 0 Å². The largest absolute Gasteiger partial charge is 0.497 e. The van der Waals surface area contributed by atoms with Gasteiger partial charge < -0.3 is 14.8 Å². The Kier molecular flexibility index (Phi) is 2.73. The van der Waals surface area contributed by atoms with E-state index < -0.39 is 0 Å². The molecule has 4 nitrogen and oxygen atoms in total. The first-order chi connectivity index (χ1) is 7.60. The van der Waals surface area contributed by atoms with E-state index in [0.717, 1.165) is 23.4 Å². The Balaban J connectivity index is 2.42. The highest BCUT2D eigenvalue weighted by Crippen LogP contribution is 2.38. The zero-order valence-electron chi connectivity index (χ0n) is 9.66. The van der Waals surface area contributed by atoms with E-state index in [0.29, 0.717) is 5.75 Å². The fraction of sp³-hybridized carbons (Fsp3) is 0.417. The minimum Gasteiger partial charge on any atom is -0.497 e. The van der Waals surface area contributed by atoms with Crippen molar-refractivity contribution in [1.29, 1.82) is 0 Å². The number of carbonyl (C=O) groups is 1. The summed E-state index contributed by atoms with van der Waals surface area (Å²) in [7, 11) is 1.59. The van der Waals surface area contributed by atoms with Crippen molar-refractivity contribution in [1.82, 2.24) is 0 Å². The normalized spacial score (nSPS) is 17.6. The van der Waals surface area contributed by atoms with Crippen LogP contribution in [0.25, 0.3) is 0 Å². The lowest BCUT2D eigenvalue weighted by Gasteiger charge is -2.10. The van der Waals surface area contributed by atoms with E-state index in [1.54, 1.807) is 7.11 Å². The quantitative estimate of drug-likeness (QED) is 0.830. The Hall–Kier alpha value is -1.71. The molecule has 1 N–H and O–H groups in total. The van der Waals surface area contributed by atoms with Gasteiger partial charge in [0.05, 0.1) is 12.8 Å². The molecule has 86 valence electrons. The van der Waals surface area contributed by atoms with Gasteiger partial charge in [-0.3, -0.25) is 4.79 Å². The highest BCUT2D eigenvalue weighted by Gasteiger charge is 2.23. The summed E-state index contributed by atoms with van der Waals surface area (Å²) >= 11 is 0. The predicted octanol–water partition coefficient (Wildman–Crippen LogP) is 1.98. The highest BCUT2D eigenvalue weighted by atomic mass is 16.5. The number of ether oxygens (including phenoxy) is 2. The number of rotatable bonds is 2. The van der Waals surface area contributed by atoms with Crippen molar-refractivity contribution in [3.8, 4) is 11.5 Å². The first-order valence-electron chi connectivity index (χ1n) is 5.25. The Morgan fingerprint density at radius 2 is 2.31 bits per heavy atom. The van der Waals surface area contributed by atoms with Crippen LogP contribution < -0.4 is 14.8 Å². The van der Waals surface area contributed by atoms with E-state index in [-0.39, 0.29) is 12.0 Å². The van der Waals surface area contributed by atoms with Crippen LogP contribution >= 0.6 is 0 Å². The van der Waals surface area contributed by atoms with E-state index >= 15 is 0 Å². The summed E-state index contributed by atoms with van der Waals surface area (Å²) < 4.78 is 10.8. The fourth-order valence-electron chi connectivity index (χ4n) is 1.90. The highest BCUT2D eigenvalue weighted by molar-refractivity contribution is 5.90. The van der Waals surface area contributed by atoms with Gasteiger partial charge in [0.15, 0.2) is 0 Å². The molecule has 2 rings (SSSR count).